The third-order valence-corrected chi connectivity index (χ3v) is 3.70. The molecule has 3 N–H and O–H groups in total. The Morgan fingerprint density at radius 3 is 2.63 bits per heavy atom. The molecule has 1 heterocycles. The lowest BCUT2D eigenvalue weighted by molar-refractivity contribution is -0.120. The Hall–Kier alpha value is -1.10. The molecular weight excluding hydrogens is 262 g/mol. The summed E-state index contributed by atoms with van der Waals surface area (Å²) in [5, 5.41) is 3.61. The molecule has 1 saturated heterocycles. The van der Waals surface area contributed by atoms with Crippen LogP contribution in [0.1, 0.15) is 24.9 Å². The Balaban J connectivity index is 2.19. The molecule has 2 unspecified atom stereocenters. The summed E-state index contributed by atoms with van der Waals surface area (Å²) in [4.78, 5) is 13.7. The minimum atomic E-state index is -0.00521. The summed E-state index contributed by atoms with van der Waals surface area (Å²) in [6, 6.07) is 7.90. The molecule has 19 heavy (non-hydrogen) atoms. The van der Waals surface area contributed by atoms with E-state index in [4.69, 9.17) is 17.3 Å². The second-order valence-corrected chi connectivity index (χ2v) is 5.43. The largest absolute Gasteiger partial charge is 0.355 e. The average molecular weight is 282 g/mol. The molecule has 2 atom stereocenters. The van der Waals surface area contributed by atoms with Gasteiger partial charge in [-0.2, -0.15) is 0 Å². The van der Waals surface area contributed by atoms with E-state index in [0.29, 0.717) is 13.0 Å². The SMILES string of the molecule is CC(N)C(c1ccc(Cl)cc1)N1CCNC(=O)CC1. The van der Waals surface area contributed by atoms with E-state index in [0.717, 1.165) is 23.7 Å². The smallest absolute Gasteiger partial charge is 0.221 e. The van der Waals surface area contributed by atoms with Gasteiger partial charge in [-0.1, -0.05) is 23.7 Å². The van der Waals surface area contributed by atoms with Crippen LogP contribution in [-0.2, 0) is 4.79 Å². The molecule has 1 aromatic carbocycles. The third-order valence-electron chi connectivity index (χ3n) is 3.45. The Bertz CT molecular complexity index is 433. The van der Waals surface area contributed by atoms with Crippen LogP contribution in [0.15, 0.2) is 24.3 Å². The van der Waals surface area contributed by atoms with Crippen molar-refractivity contribution in [2.24, 2.45) is 5.73 Å². The first-order chi connectivity index (χ1) is 9.08. The number of nitrogens with two attached hydrogens (primary N) is 1. The quantitative estimate of drug-likeness (QED) is 0.884. The second-order valence-electron chi connectivity index (χ2n) is 4.99. The first kappa shape index (κ1) is 14.3. The van der Waals surface area contributed by atoms with E-state index in [-0.39, 0.29) is 18.0 Å². The lowest BCUT2D eigenvalue weighted by Crippen LogP contribution is -2.41. The van der Waals surface area contributed by atoms with E-state index in [1.807, 2.05) is 31.2 Å². The van der Waals surface area contributed by atoms with Gasteiger partial charge in [-0.05, 0) is 24.6 Å². The molecule has 1 fully saturated rings. The molecule has 0 aromatic heterocycles. The van der Waals surface area contributed by atoms with Gasteiger partial charge in [-0.15, -0.1) is 0 Å². The van der Waals surface area contributed by atoms with E-state index in [1.54, 1.807) is 0 Å². The van der Waals surface area contributed by atoms with Crippen molar-refractivity contribution < 1.29 is 4.79 Å². The Kier molecular flexibility index (Phi) is 4.80. The molecule has 0 saturated carbocycles. The topological polar surface area (TPSA) is 58.4 Å². The van der Waals surface area contributed by atoms with Crippen LogP contribution in [0, 0.1) is 0 Å². The van der Waals surface area contributed by atoms with Gasteiger partial charge < -0.3 is 11.1 Å². The summed E-state index contributed by atoms with van der Waals surface area (Å²) >= 11 is 5.93. The van der Waals surface area contributed by atoms with Gasteiger partial charge in [0.05, 0.1) is 0 Å². The summed E-state index contributed by atoms with van der Waals surface area (Å²) in [5.41, 5.74) is 7.29. The van der Waals surface area contributed by atoms with Crippen molar-refractivity contribution in [3.05, 3.63) is 34.9 Å². The summed E-state index contributed by atoms with van der Waals surface area (Å²) in [6.07, 6.45) is 0.525. The van der Waals surface area contributed by atoms with E-state index >= 15 is 0 Å². The van der Waals surface area contributed by atoms with Gasteiger partial charge in [0.2, 0.25) is 5.91 Å². The molecule has 5 heteroatoms. The van der Waals surface area contributed by atoms with Crippen LogP contribution in [0.5, 0.6) is 0 Å². The normalized spacial score (nSPS) is 20.5. The van der Waals surface area contributed by atoms with Gasteiger partial charge in [0.1, 0.15) is 0 Å². The summed E-state index contributed by atoms with van der Waals surface area (Å²) in [7, 11) is 0. The molecule has 1 aliphatic heterocycles. The predicted octanol–water partition coefficient (Wildman–Crippen LogP) is 1.55. The van der Waals surface area contributed by atoms with Crippen molar-refractivity contribution in [3.8, 4) is 0 Å². The van der Waals surface area contributed by atoms with Crippen LogP contribution >= 0.6 is 11.6 Å². The second kappa shape index (κ2) is 6.37. The molecule has 2 rings (SSSR count). The Morgan fingerprint density at radius 2 is 2.00 bits per heavy atom. The van der Waals surface area contributed by atoms with E-state index in [9.17, 15) is 4.79 Å². The van der Waals surface area contributed by atoms with Gasteiger partial charge in [0, 0.05) is 43.2 Å². The highest BCUT2D eigenvalue weighted by Gasteiger charge is 2.25. The molecule has 104 valence electrons. The summed E-state index contributed by atoms with van der Waals surface area (Å²) < 4.78 is 0. The molecule has 1 aliphatic rings. The zero-order valence-electron chi connectivity index (χ0n) is 11.1. The molecule has 0 spiro atoms. The average Bonchev–Trinajstić information content (AvgIpc) is 2.57. The maximum Gasteiger partial charge on any atom is 0.221 e. The molecule has 0 bridgehead atoms. The Labute approximate surface area is 118 Å². The fourth-order valence-electron chi connectivity index (χ4n) is 2.57. The van der Waals surface area contributed by atoms with E-state index < -0.39 is 0 Å². The number of hydrogen-bond donors (Lipinski definition) is 2. The molecule has 0 aliphatic carbocycles. The van der Waals surface area contributed by atoms with Crippen molar-refractivity contribution in [1.29, 1.82) is 0 Å². The monoisotopic (exact) mass is 281 g/mol. The first-order valence-electron chi connectivity index (χ1n) is 6.59. The van der Waals surface area contributed by atoms with Gasteiger partial charge in [-0.25, -0.2) is 0 Å². The molecule has 4 nitrogen and oxygen atoms in total. The third kappa shape index (κ3) is 3.69. The maximum absolute atomic E-state index is 11.4. The number of carbonyl (C=O) groups excluding carboxylic acids is 1. The van der Waals surface area contributed by atoms with Gasteiger partial charge in [0.15, 0.2) is 0 Å². The summed E-state index contributed by atoms with van der Waals surface area (Å²) in [5.74, 6) is 0.113. The Morgan fingerprint density at radius 1 is 1.32 bits per heavy atom. The van der Waals surface area contributed by atoms with E-state index in [2.05, 4.69) is 10.2 Å². The molecule has 1 aromatic rings. The van der Waals surface area contributed by atoms with Crippen LogP contribution in [0.25, 0.3) is 0 Å². The first-order valence-corrected chi connectivity index (χ1v) is 6.97. The predicted molar refractivity (Wildman–Crippen MR) is 77.0 cm³/mol. The maximum atomic E-state index is 11.4. The van der Waals surface area contributed by atoms with Crippen LogP contribution in [0.4, 0.5) is 0 Å². The van der Waals surface area contributed by atoms with Crippen molar-refractivity contribution >= 4 is 17.5 Å². The minimum absolute atomic E-state index is 0.00521. The molecule has 1 amide bonds. The zero-order chi connectivity index (χ0) is 13.8. The number of rotatable bonds is 3. The lowest BCUT2D eigenvalue weighted by atomic mass is 9.99. The fourth-order valence-corrected chi connectivity index (χ4v) is 2.70. The van der Waals surface area contributed by atoms with Crippen LogP contribution in [0.2, 0.25) is 5.02 Å². The standard InChI is InChI=1S/C14H20ClN3O/c1-10(16)14(11-2-4-12(15)5-3-11)18-8-6-13(19)17-7-9-18/h2-5,10,14H,6-9,16H2,1H3,(H,17,19). The van der Waals surface area contributed by atoms with Crippen molar-refractivity contribution in [2.75, 3.05) is 19.6 Å². The van der Waals surface area contributed by atoms with Crippen molar-refractivity contribution in [1.82, 2.24) is 10.2 Å². The number of amides is 1. The van der Waals surface area contributed by atoms with Crippen molar-refractivity contribution in [3.63, 3.8) is 0 Å². The molecular formula is C14H20ClN3O. The number of halogens is 1. The van der Waals surface area contributed by atoms with Gasteiger partial charge >= 0.3 is 0 Å². The number of nitrogens with one attached hydrogen (secondary N) is 1. The minimum Gasteiger partial charge on any atom is -0.355 e. The number of hydrogen-bond acceptors (Lipinski definition) is 3. The highest BCUT2D eigenvalue weighted by molar-refractivity contribution is 6.30. The van der Waals surface area contributed by atoms with Crippen LogP contribution < -0.4 is 11.1 Å². The molecule has 0 radical (unpaired) electrons. The van der Waals surface area contributed by atoms with Gasteiger partial charge in [-0.3, -0.25) is 9.69 Å². The number of benzene rings is 1. The highest BCUT2D eigenvalue weighted by Crippen LogP contribution is 2.25. The highest BCUT2D eigenvalue weighted by atomic mass is 35.5. The lowest BCUT2D eigenvalue weighted by Gasteiger charge is -2.33. The van der Waals surface area contributed by atoms with E-state index in [1.165, 1.54) is 0 Å². The van der Waals surface area contributed by atoms with Gasteiger partial charge in [0.25, 0.3) is 0 Å². The fraction of sp³-hybridized carbons (Fsp3) is 0.500. The summed E-state index contributed by atoms with van der Waals surface area (Å²) in [6.45, 7) is 4.23. The zero-order valence-corrected chi connectivity index (χ0v) is 11.9. The number of carbonyl (C=O) groups is 1. The number of nitrogens with zero attached hydrogens (tertiary/aromatic N) is 1. The van der Waals surface area contributed by atoms with Crippen molar-refractivity contribution in [2.45, 2.75) is 25.4 Å². The van der Waals surface area contributed by atoms with Crippen LogP contribution in [-0.4, -0.2) is 36.5 Å². The van der Waals surface area contributed by atoms with Crippen LogP contribution in [0.3, 0.4) is 0 Å².